The Kier molecular flexibility index (Phi) is 67.3. The number of halogens is 1. The molecule has 0 aliphatic rings. The van der Waals surface area contributed by atoms with Crippen LogP contribution in [0.5, 0.6) is 0 Å². The van der Waals surface area contributed by atoms with E-state index < -0.39 is 5.09 Å². The molecule has 8 heteroatoms. The first kappa shape index (κ1) is 22.7. The molecule has 0 rings (SSSR count). The van der Waals surface area contributed by atoms with Gasteiger partial charge in [0.05, 0.1) is 5.09 Å². The molecule has 0 radical (unpaired) electrons. The van der Waals surface area contributed by atoms with Crippen LogP contribution in [-0.2, 0) is 0 Å². The quantitative estimate of drug-likeness (QED) is 0.200. The Bertz CT molecular complexity index is 37.0. The molecular weight excluding hydrogens is 159 g/mol. The van der Waals surface area contributed by atoms with Crippen molar-refractivity contribution in [1.82, 2.24) is 0 Å². The van der Waals surface area contributed by atoms with Crippen LogP contribution < -0.4 is 63.8 Å². The van der Waals surface area contributed by atoms with Crippen molar-refractivity contribution >= 4 is 11.9 Å². The molecule has 0 spiro atoms. The Labute approximate surface area is 94.9 Å². The van der Waals surface area contributed by atoms with Crippen LogP contribution in [0.25, 0.3) is 0 Å². The van der Waals surface area contributed by atoms with Crippen molar-refractivity contribution < 1.29 is 68.9 Å². The molecule has 0 aromatic rings. The Morgan fingerprint density at radius 2 is 1.12 bits per heavy atom. The predicted molar refractivity (Wildman–Crippen MR) is 16.2 cm³/mol. The van der Waals surface area contributed by atoms with Crippen molar-refractivity contribution in [3.05, 3.63) is 15.3 Å². The van der Waals surface area contributed by atoms with Crippen molar-refractivity contribution in [2.24, 2.45) is 0 Å². The third-order valence-electron chi connectivity index (χ3n) is 0. The van der Waals surface area contributed by atoms with Gasteiger partial charge in [-0.15, -0.1) is 0 Å². The van der Waals surface area contributed by atoms with E-state index in [1.165, 1.54) is 0 Å². The molecule has 38 valence electrons. The molecule has 0 aliphatic carbocycles. The normalized spacial score (nSPS) is 3.75. The molecule has 8 heavy (non-hydrogen) atoms. The Morgan fingerprint density at radius 1 is 1.12 bits per heavy atom. The van der Waals surface area contributed by atoms with Crippen LogP contribution in [0.2, 0.25) is 0 Å². The average molecular weight is 159 g/mol. The first-order chi connectivity index (χ1) is 2.73. The molecule has 0 heterocycles. The summed E-state index contributed by atoms with van der Waals surface area (Å²) in [5, 5.41) is 14.8. The van der Waals surface area contributed by atoms with E-state index in [2.05, 4.69) is 11.9 Å². The largest absolute Gasteiger partial charge is 1.00 e. The minimum Gasteiger partial charge on any atom is -0.769 e. The smallest absolute Gasteiger partial charge is 0.769 e. The minimum atomic E-state index is -1.75. The molecule has 0 amide bonds. The molecule has 0 aromatic heterocycles. The molecule has 0 bridgehead atoms. The van der Waals surface area contributed by atoms with E-state index in [0.717, 1.165) is 0 Å². The molecule has 0 fully saturated rings. The van der Waals surface area contributed by atoms with Crippen LogP contribution in [0.4, 0.5) is 0 Å². The topological polar surface area (TPSA) is 89.3 Å². The second kappa shape index (κ2) is 23.7. The van der Waals surface area contributed by atoms with Gasteiger partial charge >= 0.3 is 59.1 Å². The molecule has 0 aromatic carbocycles. The van der Waals surface area contributed by atoms with Gasteiger partial charge < -0.3 is 20.0 Å². The summed E-state index contributed by atoms with van der Waals surface area (Å²) < 4.78 is 7.72. The van der Waals surface area contributed by atoms with Crippen molar-refractivity contribution in [3.8, 4) is 0 Å². The van der Waals surface area contributed by atoms with E-state index >= 15 is 0 Å². The Balaban J connectivity index is -0.0000000183. The van der Waals surface area contributed by atoms with Gasteiger partial charge in [-0.25, -0.2) is 11.9 Å². The summed E-state index contributed by atoms with van der Waals surface area (Å²) in [6.45, 7) is 0. The van der Waals surface area contributed by atoms with Crippen LogP contribution >= 0.6 is 11.9 Å². The standard InChI is InChI=1S/ClO.NO3.2Na/c1-2;2-1(3)4;;/q2*-1;2*+1. The van der Waals surface area contributed by atoms with Gasteiger partial charge in [-0.05, 0) is 0 Å². The van der Waals surface area contributed by atoms with Crippen LogP contribution in [0.15, 0.2) is 0 Å². The van der Waals surface area contributed by atoms with E-state index in [1.54, 1.807) is 0 Å². The van der Waals surface area contributed by atoms with Gasteiger partial charge in [-0.2, -0.15) is 0 Å². The Hall–Kier alpha value is 1.45. The van der Waals surface area contributed by atoms with Gasteiger partial charge in [0.15, 0.2) is 0 Å². The summed E-state index contributed by atoms with van der Waals surface area (Å²) in [6, 6.07) is 0. The summed E-state index contributed by atoms with van der Waals surface area (Å²) in [6.07, 6.45) is 0. The molecule has 0 N–H and O–H groups in total. The van der Waals surface area contributed by atoms with Gasteiger partial charge in [-0.3, -0.25) is 0 Å². The monoisotopic (exact) mass is 159 g/mol. The zero-order valence-electron chi connectivity index (χ0n) is 4.46. The van der Waals surface area contributed by atoms with E-state index in [9.17, 15) is 0 Å². The molecule has 0 aliphatic heterocycles. The van der Waals surface area contributed by atoms with Crippen molar-refractivity contribution in [1.29, 1.82) is 0 Å². The van der Waals surface area contributed by atoms with Crippen LogP contribution in [-0.4, -0.2) is 5.09 Å². The maximum atomic E-state index is 8.25. The first-order valence-corrected chi connectivity index (χ1v) is 1.01. The summed E-state index contributed by atoms with van der Waals surface area (Å²) in [5.74, 6) is 0. The third-order valence-corrected chi connectivity index (χ3v) is 0. The number of hydrogen-bond acceptors (Lipinski definition) is 4. The van der Waals surface area contributed by atoms with E-state index in [-0.39, 0.29) is 59.1 Å². The summed E-state index contributed by atoms with van der Waals surface area (Å²) in [5.41, 5.74) is 0. The summed E-state index contributed by atoms with van der Waals surface area (Å²) >= 11 is 3.39. The Morgan fingerprint density at radius 3 is 1.12 bits per heavy atom. The molecule has 5 nitrogen and oxygen atoms in total. The molecular formula is ClNNa2O4. The fourth-order valence-electron chi connectivity index (χ4n) is 0. The second-order valence-electron chi connectivity index (χ2n) is 0.224. The SMILES string of the molecule is O=[N+]([O-])[O-].[Na+].[Na+].[O-]Cl. The van der Waals surface area contributed by atoms with Crippen molar-refractivity contribution in [2.45, 2.75) is 0 Å². The van der Waals surface area contributed by atoms with Gasteiger partial charge in [0.2, 0.25) is 0 Å². The van der Waals surface area contributed by atoms with Crippen molar-refractivity contribution in [3.63, 3.8) is 0 Å². The van der Waals surface area contributed by atoms with Crippen LogP contribution in [0.3, 0.4) is 0 Å². The average Bonchev–Trinajstić information content (AvgIpc) is 1.41. The minimum absolute atomic E-state index is 0. The number of hydrogen-bond donors (Lipinski definition) is 0. The molecule has 0 saturated heterocycles. The fourth-order valence-corrected chi connectivity index (χ4v) is 0. The van der Waals surface area contributed by atoms with E-state index in [4.69, 9.17) is 20.0 Å². The maximum absolute atomic E-state index is 8.25. The number of rotatable bonds is 0. The fraction of sp³-hybridized carbons (Fsp3) is 0. The van der Waals surface area contributed by atoms with E-state index in [0.29, 0.717) is 0 Å². The summed E-state index contributed by atoms with van der Waals surface area (Å²) in [4.78, 5) is 8.25. The first-order valence-electron chi connectivity index (χ1n) is 0.702. The third kappa shape index (κ3) is 147. The molecule has 0 atom stereocenters. The van der Waals surface area contributed by atoms with Gasteiger partial charge in [0.1, 0.15) is 0 Å². The second-order valence-corrected chi connectivity index (χ2v) is 0.224. The van der Waals surface area contributed by atoms with Crippen molar-refractivity contribution in [2.75, 3.05) is 0 Å². The summed E-state index contributed by atoms with van der Waals surface area (Å²) in [7, 11) is 0. The van der Waals surface area contributed by atoms with Gasteiger partial charge in [0, 0.05) is 0 Å². The molecule has 0 saturated carbocycles. The van der Waals surface area contributed by atoms with E-state index in [1.807, 2.05) is 0 Å². The predicted octanol–water partition coefficient (Wildman–Crippen LogP) is -6.73. The number of nitrogens with zero attached hydrogens (tertiary/aromatic N) is 1. The maximum Gasteiger partial charge on any atom is 1.00 e. The van der Waals surface area contributed by atoms with Crippen LogP contribution in [0.1, 0.15) is 0 Å². The zero-order valence-corrected chi connectivity index (χ0v) is 9.21. The van der Waals surface area contributed by atoms with Crippen LogP contribution in [0, 0.1) is 15.3 Å². The molecule has 0 unspecified atom stereocenters. The zero-order chi connectivity index (χ0) is 5.58. The van der Waals surface area contributed by atoms with Gasteiger partial charge in [0.25, 0.3) is 0 Å². The van der Waals surface area contributed by atoms with Gasteiger partial charge in [-0.1, -0.05) is 0 Å².